The number of piperidine rings is 1. The number of carboxylic acids is 1. The summed E-state index contributed by atoms with van der Waals surface area (Å²) in [4.78, 5) is 25.9. The maximum Gasteiger partial charge on any atom is 0.308 e. The van der Waals surface area contributed by atoms with Gasteiger partial charge in [0, 0.05) is 17.8 Å². The fourth-order valence-electron chi connectivity index (χ4n) is 2.61. The first kappa shape index (κ1) is 13.1. The number of nitrogens with zero attached hydrogens (tertiary/aromatic N) is 1. The van der Waals surface area contributed by atoms with Gasteiger partial charge in [0.15, 0.2) is 0 Å². The number of hydrogen-bond acceptors (Lipinski definition) is 3. The molecule has 0 spiro atoms. The fourth-order valence-corrected chi connectivity index (χ4v) is 3.64. The Morgan fingerprint density at radius 3 is 2.85 bits per heavy atom. The summed E-state index contributed by atoms with van der Waals surface area (Å²) in [5, 5.41) is 10.1. The fraction of sp³-hybridized carbons (Fsp3) is 0.333. The minimum absolute atomic E-state index is 0.0443. The third-order valence-electron chi connectivity index (χ3n) is 3.69. The lowest BCUT2D eigenvalue weighted by molar-refractivity contribution is -0.143. The SMILES string of the molecule is O=C(O)[C@H]1CCCN(C(=O)c2cc3ccccc3s2)C1. The number of carbonyl (C=O) groups excluding carboxylic acids is 1. The minimum atomic E-state index is -0.807. The van der Waals surface area contributed by atoms with Crippen molar-refractivity contribution in [3.05, 3.63) is 35.2 Å². The highest BCUT2D eigenvalue weighted by molar-refractivity contribution is 7.20. The zero-order chi connectivity index (χ0) is 14.1. The molecule has 1 atom stereocenters. The van der Waals surface area contributed by atoms with Gasteiger partial charge in [-0.1, -0.05) is 18.2 Å². The van der Waals surface area contributed by atoms with Gasteiger partial charge in [-0.05, 0) is 30.4 Å². The molecule has 2 heterocycles. The molecular weight excluding hydrogens is 274 g/mol. The van der Waals surface area contributed by atoms with Gasteiger partial charge in [-0.25, -0.2) is 0 Å². The molecule has 3 rings (SSSR count). The van der Waals surface area contributed by atoms with Crippen LogP contribution in [0.15, 0.2) is 30.3 Å². The summed E-state index contributed by atoms with van der Waals surface area (Å²) in [5.74, 6) is -1.28. The number of hydrogen-bond donors (Lipinski definition) is 1. The van der Waals surface area contributed by atoms with Gasteiger partial charge in [0.05, 0.1) is 10.8 Å². The number of fused-ring (bicyclic) bond motifs is 1. The van der Waals surface area contributed by atoms with Crippen molar-refractivity contribution in [3.8, 4) is 0 Å². The normalized spacial score (nSPS) is 19.2. The highest BCUT2D eigenvalue weighted by Crippen LogP contribution is 2.27. The second kappa shape index (κ2) is 5.25. The number of aliphatic carboxylic acids is 1. The molecule has 2 aromatic rings. The third kappa shape index (κ3) is 2.41. The van der Waals surface area contributed by atoms with E-state index in [0.717, 1.165) is 16.5 Å². The van der Waals surface area contributed by atoms with Gasteiger partial charge in [0.2, 0.25) is 0 Å². The van der Waals surface area contributed by atoms with Gasteiger partial charge in [0.25, 0.3) is 5.91 Å². The molecule has 4 nitrogen and oxygen atoms in total. The zero-order valence-corrected chi connectivity index (χ0v) is 11.7. The number of amides is 1. The third-order valence-corrected chi connectivity index (χ3v) is 4.80. The molecule has 1 aliphatic rings. The molecular formula is C15H15NO3S. The van der Waals surface area contributed by atoms with Crippen molar-refractivity contribution in [2.75, 3.05) is 13.1 Å². The van der Waals surface area contributed by atoms with Crippen LogP contribution in [0.4, 0.5) is 0 Å². The molecule has 104 valence electrons. The van der Waals surface area contributed by atoms with Gasteiger partial charge in [-0.15, -0.1) is 11.3 Å². The van der Waals surface area contributed by atoms with E-state index in [0.29, 0.717) is 24.4 Å². The van der Waals surface area contributed by atoms with Crippen molar-refractivity contribution in [3.63, 3.8) is 0 Å². The maximum absolute atomic E-state index is 12.5. The summed E-state index contributed by atoms with van der Waals surface area (Å²) in [5.41, 5.74) is 0. The second-order valence-electron chi connectivity index (χ2n) is 5.08. The van der Waals surface area contributed by atoms with Crippen molar-refractivity contribution in [2.45, 2.75) is 12.8 Å². The number of thiophene rings is 1. The molecule has 0 unspecified atom stereocenters. The predicted octanol–water partition coefficient (Wildman–Crippen LogP) is 2.84. The molecule has 0 aliphatic carbocycles. The van der Waals surface area contributed by atoms with Crippen LogP contribution in [0.1, 0.15) is 22.5 Å². The van der Waals surface area contributed by atoms with Crippen LogP contribution in [0.25, 0.3) is 10.1 Å². The van der Waals surface area contributed by atoms with Gasteiger partial charge < -0.3 is 10.0 Å². The van der Waals surface area contributed by atoms with E-state index in [1.807, 2.05) is 30.3 Å². The number of likely N-dealkylation sites (tertiary alicyclic amines) is 1. The van der Waals surface area contributed by atoms with Crippen LogP contribution in [0.2, 0.25) is 0 Å². The first-order valence-corrected chi connectivity index (χ1v) is 7.47. The van der Waals surface area contributed by atoms with Crippen LogP contribution in [0.3, 0.4) is 0 Å². The van der Waals surface area contributed by atoms with Crippen LogP contribution < -0.4 is 0 Å². The highest BCUT2D eigenvalue weighted by atomic mass is 32.1. The summed E-state index contributed by atoms with van der Waals surface area (Å²) in [7, 11) is 0. The second-order valence-corrected chi connectivity index (χ2v) is 6.16. The van der Waals surface area contributed by atoms with Crippen LogP contribution in [-0.2, 0) is 4.79 Å². The number of carbonyl (C=O) groups is 2. The smallest absolute Gasteiger partial charge is 0.308 e. The topological polar surface area (TPSA) is 57.6 Å². The van der Waals surface area contributed by atoms with E-state index in [1.54, 1.807) is 4.90 Å². The average Bonchev–Trinajstić information content (AvgIpc) is 2.90. The van der Waals surface area contributed by atoms with Crippen LogP contribution >= 0.6 is 11.3 Å². The van der Waals surface area contributed by atoms with E-state index in [4.69, 9.17) is 5.11 Å². The number of benzene rings is 1. The monoisotopic (exact) mass is 289 g/mol. The van der Waals surface area contributed by atoms with Crippen molar-refractivity contribution in [1.82, 2.24) is 4.90 Å². The Morgan fingerprint density at radius 2 is 2.10 bits per heavy atom. The number of rotatable bonds is 2. The van der Waals surface area contributed by atoms with Crippen molar-refractivity contribution in [1.29, 1.82) is 0 Å². The largest absolute Gasteiger partial charge is 0.481 e. The average molecular weight is 289 g/mol. The Balaban J connectivity index is 1.82. The molecule has 1 fully saturated rings. The summed E-state index contributed by atoms with van der Waals surface area (Å²) in [6.07, 6.45) is 1.42. The minimum Gasteiger partial charge on any atom is -0.481 e. The molecule has 0 bridgehead atoms. The molecule has 1 aliphatic heterocycles. The number of carboxylic acid groups (broad SMARTS) is 1. The molecule has 0 saturated carbocycles. The molecule has 1 saturated heterocycles. The lowest BCUT2D eigenvalue weighted by atomic mass is 9.98. The molecule has 5 heteroatoms. The van der Waals surface area contributed by atoms with Crippen LogP contribution in [0, 0.1) is 5.92 Å². The molecule has 1 aromatic carbocycles. The van der Waals surface area contributed by atoms with Crippen molar-refractivity contribution >= 4 is 33.3 Å². The molecule has 1 N–H and O–H groups in total. The van der Waals surface area contributed by atoms with Gasteiger partial charge in [-0.2, -0.15) is 0 Å². The molecule has 20 heavy (non-hydrogen) atoms. The van der Waals surface area contributed by atoms with Gasteiger partial charge in [0.1, 0.15) is 0 Å². The summed E-state index contributed by atoms with van der Waals surface area (Å²) >= 11 is 1.47. The molecule has 0 radical (unpaired) electrons. The maximum atomic E-state index is 12.5. The van der Waals surface area contributed by atoms with Crippen LogP contribution in [-0.4, -0.2) is 35.0 Å². The van der Waals surface area contributed by atoms with Crippen molar-refractivity contribution < 1.29 is 14.7 Å². The van der Waals surface area contributed by atoms with Gasteiger partial charge in [-0.3, -0.25) is 9.59 Å². The molecule has 1 amide bonds. The van der Waals surface area contributed by atoms with E-state index in [-0.39, 0.29) is 5.91 Å². The van der Waals surface area contributed by atoms with Gasteiger partial charge >= 0.3 is 5.97 Å². The van der Waals surface area contributed by atoms with E-state index in [2.05, 4.69) is 0 Å². The zero-order valence-electron chi connectivity index (χ0n) is 10.9. The lowest BCUT2D eigenvalue weighted by Crippen LogP contribution is -2.42. The van der Waals surface area contributed by atoms with Crippen LogP contribution in [0.5, 0.6) is 0 Å². The first-order chi connectivity index (χ1) is 9.65. The lowest BCUT2D eigenvalue weighted by Gasteiger charge is -2.30. The quantitative estimate of drug-likeness (QED) is 0.925. The van der Waals surface area contributed by atoms with E-state index < -0.39 is 11.9 Å². The first-order valence-electron chi connectivity index (χ1n) is 6.66. The summed E-state index contributed by atoms with van der Waals surface area (Å²) < 4.78 is 1.09. The Kier molecular flexibility index (Phi) is 3.44. The van der Waals surface area contributed by atoms with E-state index in [9.17, 15) is 9.59 Å². The Hall–Kier alpha value is -1.88. The summed E-state index contributed by atoms with van der Waals surface area (Å²) in [6, 6.07) is 9.78. The van der Waals surface area contributed by atoms with E-state index >= 15 is 0 Å². The summed E-state index contributed by atoms with van der Waals surface area (Å²) in [6.45, 7) is 0.971. The van der Waals surface area contributed by atoms with E-state index in [1.165, 1.54) is 11.3 Å². The van der Waals surface area contributed by atoms with Crippen molar-refractivity contribution in [2.24, 2.45) is 5.92 Å². The molecule has 1 aromatic heterocycles. The Labute approximate surface area is 120 Å². The Bertz CT molecular complexity index is 631. The predicted molar refractivity (Wildman–Crippen MR) is 78.1 cm³/mol. The Morgan fingerprint density at radius 1 is 1.30 bits per heavy atom. The standard InChI is InChI=1S/C15H15NO3S/c17-14(16-7-3-5-11(9-16)15(18)19)13-8-10-4-1-2-6-12(10)20-13/h1-2,4,6,8,11H,3,5,7,9H2,(H,18,19)/t11-/m0/s1. The highest BCUT2D eigenvalue weighted by Gasteiger charge is 2.29.